The molecule has 33 heavy (non-hydrogen) atoms. The molecular formula is C24H24F3N5O. The molecule has 9 heteroatoms. The lowest BCUT2D eigenvalue weighted by Gasteiger charge is -2.45. The minimum absolute atomic E-state index is 0.0363. The van der Waals surface area contributed by atoms with Gasteiger partial charge in [-0.2, -0.15) is 10.2 Å². The van der Waals surface area contributed by atoms with E-state index in [2.05, 4.69) is 10.2 Å². The quantitative estimate of drug-likeness (QED) is 0.541. The van der Waals surface area contributed by atoms with Crippen LogP contribution in [0, 0.1) is 24.4 Å². The summed E-state index contributed by atoms with van der Waals surface area (Å²) < 4.78 is 45.0. The lowest BCUT2D eigenvalue weighted by molar-refractivity contribution is 0.0391. The molecule has 172 valence electrons. The van der Waals surface area contributed by atoms with Crippen LogP contribution in [-0.4, -0.2) is 36.4 Å². The number of rotatable bonds is 3. The van der Waals surface area contributed by atoms with Crippen molar-refractivity contribution in [2.75, 3.05) is 0 Å². The molecule has 1 saturated heterocycles. The number of hydrogen-bond donors (Lipinski definition) is 0. The number of fused-ring (bicyclic) bond motifs is 4. The summed E-state index contributed by atoms with van der Waals surface area (Å²) in [6, 6.07) is 2.18. The van der Waals surface area contributed by atoms with E-state index >= 15 is 0 Å². The van der Waals surface area contributed by atoms with Crippen molar-refractivity contribution in [2.24, 2.45) is 7.05 Å². The average molecular weight is 455 g/mol. The van der Waals surface area contributed by atoms with Gasteiger partial charge < -0.3 is 4.90 Å². The zero-order valence-electron chi connectivity index (χ0n) is 18.5. The largest absolute Gasteiger partial charge is 0.327 e. The van der Waals surface area contributed by atoms with Crippen LogP contribution in [0.15, 0.2) is 18.3 Å². The third-order valence-electron chi connectivity index (χ3n) is 7.34. The number of nitrogens with zero attached hydrogens (tertiary/aromatic N) is 5. The number of benzene rings is 1. The molecule has 1 amide bonds. The van der Waals surface area contributed by atoms with Gasteiger partial charge in [-0.1, -0.05) is 0 Å². The Labute approximate surface area is 189 Å². The molecule has 2 aromatic heterocycles. The number of carbonyl (C=O) groups is 1. The molecule has 0 spiro atoms. The fourth-order valence-corrected chi connectivity index (χ4v) is 5.66. The maximum absolute atomic E-state index is 14.0. The van der Waals surface area contributed by atoms with Gasteiger partial charge in [-0.05, 0) is 57.6 Å². The van der Waals surface area contributed by atoms with E-state index in [0.29, 0.717) is 23.7 Å². The number of aromatic nitrogens is 4. The van der Waals surface area contributed by atoms with Crippen molar-refractivity contribution in [1.29, 1.82) is 0 Å². The Morgan fingerprint density at radius 3 is 2.48 bits per heavy atom. The molecule has 0 N–H and O–H groups in total. The van der Waals surface area contributed by atoms with Crippen molar-refractivity contribution in [3.05, 3.63) is 58.3 Å². The van der Waals surface area contributed by atoms with E-state index in [4.69, 9.17) is 0 Å². The van der Waals surface area contributed by atoms with Crippen molar-refractivity contribution < 1.29 is 18.0 Å². The van der Waals surface area contributed by atoms with Gasteiger partial charge in [0.05, 0.1) is 35.2 Å². The fourth-order valence-electron chi connectivity index (χ4n) is 5.66. The van der Waals surface area contributed by atoms with Crippen LogP contribution in [0.4, 0.5) is 13.2 Å². The first-order chi connectivity index (χ1) is 15.8. The Hall–Kier alpha value is -3.10. The number of amides is 1. The van der Waals surface area contributed by atoms with Gasteiger partial charge in [-0.25, -0.2) is 13.2 Å². The lowest BCUT2D eigenvalue weighted by atomic mass is 9.81. The van der Waals surface area contributed by atoms with Crippen LogP contribution < -0.4 is 0 Å². The molecule has 6 nitrogen and oxygen atoms in total. The van der Waals surface area contributed by atoms with Gasteiger partial charge in [0.25, 0.3) is 5.91 Å². The third kappa shape index (κ3) is 3.04. The highest BCUT2D eigenvalue weighted by Gasteiger charge is 2.44. The summed E-state index contributed by atoms with van der Waals surface area (Å²) in [5.41, 5.74) is 3.99. The summed E-state index contributed by atoms with van der Waals surface area (Å²) in [6.45, 7) is 1.94. The number of halogens is 3. The highest BCUT2D eigenvalue weighted by atomic mass is 19.2. The van der Waals surface area contributed by atoms with E-state index in [1.165, 1.54) is 0 Å². The standard InChI is InChI=1S/C24H24F3N5O/c1-12-17(11-28-32(12)14-6-7-14)24(33)31-15-4-3-5-20(31)22-16(10-15)23(30(2)29-22)13-8-18(25)21(27)19(26)9-13/h8-9,11,14-15,20H,3-7,10H2,1-2H3. The van der Waals surface area contributed by atoms with E-state index in [-0.39, 0.29) is 23.6 Å². The van der Waals surface area contributed by atoms with Crippen LogP contribution in [0.5, 0.6) is 0 Å². The molecule has 4 heterocycles. The summed E-state index contributed by atoms with van der Waals surface area (Å²) in [6.07, 6.45) is 6.99. The number of hydrogen-bond acceptors (Lipinski definition) is 3. The van der Waals surface area contributed by atoms with Gasteiger partial charge >= 0.3 is 0 Å². The van der Waals surface area contributed by atoms with Gasteiger partial charge in [-0.3, -0.25) is 14.2 Å². The molecule has 2 bridgehead atoms. The van der Waals surface area contributed by atoms with Gasteiger partial charge in [0.1, 0.15) is 0 Å². The van der Waals surface area contributed by atoms with Crippen LogP contribution in [0.3, 0.4) is 0 Å². The molecule has 3 aliphatic rings. The monoisotopic (exact) mass is 455 g/mol. The Kier molecular flexibility index (Phi) is 4.47. The summed E-state index contributed by atoms with van der Waals surface area (Å²) in [7, 11) is 1.72. The predicted octanol–water partition coefficient (Wildman–Crippen LogP) is 4.64. The first-order valence-corrected chi connectivity index (χ1v) is 11.4. The molecule has 2 aliphatic heterocycles. The van der Waals surface area contributed by atoms with Gasteiger partial charge in [0.2, 0.25) is 0 Å². The molecule has 3 aromatic rings. The maximum atomic E-state index is 14.0. The predicted molar refractivity (Wildman–Crippen MR) is 114 cm³/mol. The summed E-state index contributed by atoms with van der Waals surface area (Å²) >= 11 is 0. The normalized spacial score (nSPS) is 21.9. The smallest absolute Gasteiger partial charge is 0.258 e. The minimum Gasteiger partial charge on any atom is -0.327 e. The SMILES string of the molecule is Cc1c(C(=O)N2C3CCCC2c2nn(C)c(-c4cc(F)c(F)c(F)c4)c2C3)cnn1C1CC1. The summed E-state index contributed by atoms with van der Waals surface area (Å²) in [5, 5.41) is 9.15. The zero-order chi connectivity index (χ0) is 23.0. The van der Waals surface area contributed by atoms with Crippen LogP contribution in [0.1, 0.15) is 71.5 Å². The Bertz CT molecular complexity index is 1270. The molecule has 1 saturated carbocycles. The van der Waals surface area contributed by atoms with Crippen LogP contribution >= 0.6 is 0 Å². The zero-order valence-corrected chi connectivity index (χ0v) is 18.5. The second-order valence-electron chi connectivity index (χ2n) is 9.43. The molecule has 1 aromatic carbocycles. The Morgan fingerprint density at radius 1 is 1.06 bits per heavy atom. The van der Waals surface area contributed by atoms with Crippen LogP contribution in [0.2, 0.25) is 0 Å². The molecule has 0 radical (unpaired) electrons. The third-order valence-corrected chi connectivity index (χ3v) is 7.34. The van der Waals surface area contributed by atoms with Gasteiger partial charge in [-0.15, -0.1) is 0 Å². The summed E-state index contributed by atoms with van der Waals surface area (Å²) in [4.78, 5) is 15.6. The highest BCUT2D eigenvalue weighted by molar-refractivity contribution is 5.96. The Morgan fingerprint density at radius 2 is 1.79 bits per heavy atom. The number of aryl methyl sites for hydroxylation is 1. The first-order valence-electron chi connectivity index (χ1n) is 11.4. The lowest BCUT2D eigenvalue weighted by Crippen LogP contribution is -2.50. The van der Waals surface area contributed by atoms with E-state index < -0.39 is 17.5 Å². The molecule has 2 atom stereocenters. The molecular weight excluding hydrogens is 431 g/mol. The van der Waals surface area contributed by atoms with Gasteiger partial charge in [0, 0.05) is 29.9 Å². The second-order valence-corrected chi connectivity index (χ2v) is 9.43. The van der Waals surface area contributed by atoms with Crippen molar-refractivity contribution in [3.8, 4) is 11.3 Å². The average Bonchev–Trinajstić information content (AvgIpc) is 3.47. The van der Waals surface area contributed by atoms with Crippen molar-refractivity contribution in [1.82, 2.24) is 24.5 Å². The first kappa shape index (κ1) is 20.5. The maximum Gasteiger partial charge on any atom is 0.258 e. The van der Waals surface area contributed by atoms with Gasteiger partial charge in [0.15, 0.2) is 17.5 Å². The second kappa shape index (κ2) is 7.20. The molecule has 2 unspecified atom stereocenters. The molecule has 6 rings (SSSR count). The van der Waals surface area contributed by atoms with Crippen molar-refractivity contribution in [2.45, 2.75) is 63.6 Å². The van der Waals surface area contributed by atoms with Crippen molar-refractivity contribution in [3.63, 3.8) is 0 Å². The molecule has 1 aliphatic carbocycles. The van der Waals surface area contributed by atoms with E-state index in [0.717, 1.165) is 61.2 Å². The van der Waals surface area contributed by atoms with Crippen molar-refractivity contribution >= 4 is 5.91 Å². The highest BCUT2D eigenvalue weighted by Crippen LogP contribution is 2.45. The minimum atomic E-state index is -1.48. The number of piperidine rings is 1. The summed E-state index contributed by atoms with van der Waals surface area (Å²) in [5.74, 6) is -3.97. The topological polar surface area (TPSA) is 56.0 Å². The Balaban J connectivity index is 1.41. The van der Waals surface area contributed by atoms with E-state index in [9.17, 15) is 18.0 Å². The van der Waals surface area contributed by atoms with E-state index in [1.807, 2.05) is 16.5 Å². The van der Waals surface area contributed by atoms with Crippen LogP contribution in [0.25, 0.3) is 11.3 Å². The van der Waals surface area contributed by atoms with Crippen LogP contribution in [-0.2, 0) is 13.5 Å². The van der Waals surface area contributed by atoms with E-state index in [1.54, 1.807) is 17.9 Å². The molecule has 2 fully saturated rings. The fraction of sp³-hybridized carbons (Fsp3) is 0.458. The number of carbonyl (C=O) groups excluding carboxylic acids is 1.